The minimum absolute atomic E-state index is 0.159. The van der Waals surface area contributed by atoms with Crippen LogP contribution < -0.4 is 0 Å². The molecular weight excluding hydrogens is 126 g/mol. The lowest BCUT2D eigenvalue weighted by Gasteiger charge is -1.82. The molecule has 1 N–H and O–H groups in total. The van der Waals surface area contributed by atoms with Gasteiger partial charge < -0.3 is 9.52 Å². The summed E-state index contributed by atoms with van der Waals surface area (Å²) in [7, 11) is 0. The number of hydrogen-bond donors (Lipinski definition) is 1. The second-order valence-electron chi connectivity index (χ2n) is 1.58. The van der Waals surface area contributed by atoms with Crippen LogP contribution in [0, 0.1) is 0 Å². The molecule has 0 radical (unpaired) electrons. The van der Waals surface area contributed by atoms with Crippen molar-refractivity contribution in [3.63, 3.8) is 0 Å². The molecule has 0 atom stereocenters. The predicted molar refractivity (Wildman–Crippen MR) is 30.0 cm³/mol. The molecule has 9 heavy (non-hydrogen) atoms. The maximum Gasteiger partial charge on any atom is 0.185 e. The molecule has 0 saturated heterocycles. The van der Waals surface area contributed by atoms with E-state index in [2.05, 4.69) is 0 Å². The van der Waals surface area contributed by atoms with Gasteiger partial charge in [-0.2, -0.15) is 0 Å². The Labute approximate surface area is 51.9 Å². The molecule has 0 aromatic carbocycles. The number of hydrogen-bond acceptors (Lipinski definition) is 3. The van der Waals surface area contributed by atoms with Crippen molar-refractivity contribution in [2.75, 3.05) is 0 Å². The fourth-order valence-electron chi connectivity index (χ4n) is 0.543. The molecule has 1 heterocycles. The predicted octanol–water partition coefficient (Wildman–Crippen LogP) is 0.584. The highest BCUT2D eigenvalue weighted by Crippen LogP contribution is 2.03. The summed E-state index contributed by atoms with van der Waals surface area (Å²) < 4.78 is 4.76. The molecule has 0 spiro atoms. The van der Waals surface area contributed by atoms with E-state index < -0.39 is 0 Å². The third-order valence-corrected chi connectivity index (χ3v) is 0.954. The van der Waals surface area contributed by atoms with Crippen molar-refractivity contribution < 1.29 is 14.3 Å². The summed E-state index contributed by atoms with van der Waals surface area (Å²) >= 11 is 0. The smallest absolute Gasteiger partial charge is 0.185 e. The molecular formula is C6H6O3. The Balaban J connectivity index is 2.86. The Hall–Kier alpha value is -1.09. The number of aliphatic hydroxyl groups excluding tert-OH is 1. The van der Waals surface area contributed by atoms with E-state index in [4.69, 9.17) is 9.52 Å². The van der Waals surface area contributed by atoms with Crippen molar-refractivity contribution >= 4 is 6.29 Å². The van der Waals surface area contributed by atoms with Crippen LogP contribution in [0.15, 0.2) is 16.5 Å². The molecule has 3 heteroatoms. The Morgan fingerprint density at radius 1 is 1.67 bits per heavy atom. The lowest BCUT2D eigenvalue weighted by molar-refractivity contribution is 0.109. The quantitative estimate of drug-likeness (QED) is 0.473. The minimum atomic E-state index is -0.159. The van der Waals surface area contributed by atoms with Gasteiger partial charge in [-0.25, -0.2) is 0 Å². The van der Waals surface area contributed by atoms with Crippen LogP contribution in [0.5, 0.6) is 0 Å². The Morgan fingerprint density at radius 2 is 2.44 bits per heavy atom. The van der Waals surface area contributed by atoms with E-state index in [1.807, 2.05) is 0 Å². The van der Waals surface area contributed by atoms with Crippen molar-refractivity contribution in [3.8, 4) is 0 Å². The molecule has 0 aliphatic rings. The third-order valence-electron chi connectivity index (χ3n) is 0.954. The van der Waals surface area contributed by atoms with Gasteiger partial charge in [0.25, 0.3) is 0 Å². The molecule has 1 rings (SSSR count). The molecule has 0 unspecified atom stereocenters. The number of furan rings is 1. The Kier molecular flexibility index (Phi) is 1.65. The molecule has 0 amide bonds. The van der Waals surface area contributed by atoms with Crippen molar-refractivity contribution in [2.24, 2.45) is 0 Å². The van der Waals surface area contributed by atoms with E-state index in [0.29, 0.717) is 12.0 Å². The molecule has 48 valence electrons. The van der Waals surface area contributed by atoms with Crippen LogP contribution in [0.25, 0.3) is 0 Å². The standard InChI is InChI=1S/C6H6O3/c7-3-5-1-2-6(4-8)9-5/h1-3,8H,4H2/i1+1,2+1,3+1,4+1,5+1,6+1. The van der Waals surface area contributed by atoms with E-state index in [1.165, 1.54) is 6.07 Å². The first-order valence-corrected chi connectivity index (χ1v) is 2.51. The van der Waals surface area contributed by atoms with Gasteiger partial charge >= 0.3 is 0 Å². The second-order valence-corrected chi connectivity index (χ2v) is 1.58. The minimum Gasteiger partial charge on any atom is -0.456 e. The average Bonchev–Trinajstić information content (AvgIpc) is 2.34. The van der Waals surface area contributed by atoms with Crippen molar-refractivity contribution in [1.82, 2.24) is 0 Å². The van der Waals surface area contributed by atoms with E-state index in [0.717, 1.165) is 0 Å². The SMILES string of the molecule is O=[13CH][13c]1[13cH][13cH][13c]([13CH2]O)o1. The summed E-state index contributed by atoms with van der Waals surface area (Å²) in [6.07, 6.45) is 0.596. The molecule has 0 bridgehead atoms. The lowest BCUT2D eigenvalue weighted by Crippen LogP contribution is -1.74. The van der Waals surface area contributed by atoms with Gasteiger partial charge in [-0.05, 0) is 12.1 Å². The molecule has 1 aromatic heterocycles. The van der Waals surface area contributed by atoms with Crippen LogP contribution in [0.1, 0.15) is 16.3 Å². The Morgan fingerprint density at radius 3 is 2.78 bits per heavy atom. The van der Waals surface area contributed by atoms with Gasteiger partial charge in [-0.1, -0.05) is 0 Å². The number of aldehydes is 1. The zero-order valence-electron chi connectivity index (χ0n) is 4.70. The fraction of sp³-hybridized carbons (Fsp3) is 0.167. The van der Waals surface area contributed by atoms with Gasteiger partial charge in [0.1, 0.15) is 12.4 Å². The Bertz CT molecular complexity index is 202. The van der Waals surface area contributed by atoms with E-state index >= 15 is 0 Å². The maximum absolute atomic E-state index is 9.96. The van der Waals surface area contributed by atoms with Gasteiger partial charge in [0.2, 0.25) is 0 Å². The lowest BCUT2D eigenvalue weighted by atomic mass is 11.4. The van der Waals surface area contributed by atoms with Crippen molar-refractivity contribution in [1.29, 1.82) is 0 Å². The molecule has 0 fully saturated rings. The summed E-state index contributed by atoms with van der Waals surface area (Å²) in [6.45, 7) is -0.159. The summed E-state index contributed by atoms with van der Waals surface area (Å²) in [6, 6.07) is 3.07. The zero-order valence-corrected chi connectivity index (χ0v) is 4.70. The molecule has 1 aromatic rings. The summed E-state index contributed by atoms with van der Waals surface area (Å²) in [4.78, 5) is 9.96. The average molecular weight is 132 g/mol. The third kappa shape index (κ3) is 1.17. The van der Waals surface area contributed by atoms with Gasteiger partial charge in [-0.3, -0.25) is 4.79 Å². The molecule has 0 aliphatic heterocycles. The summed E-state index contributed by atoms with van der Waals surface area (Å²) in [5.41, 5.74) is 0. The number of carbonyl (C=O) groups is 1. The van der Waals surface area contributed by atoms with Crippen LogP contribution in [0.4, 0.5) is 0 Å². The molecule has 0 aliphatic carbocycles. The maximum atomic E-state index is 9.96. The van der Waals surface area contributed by atoms with Gasteiger partial charge in [0, 0.05) is 0 Å². The van der Waals surface area contributed by atoms with Crippen LogP contribution in [0.3, 0.4) is 0 Å². The second kappa shape index (κ2) is 2.46. The van der Waals surface area contributed by atoms with Crippen LogP contribution in [0.2, 0.25) is 0 Å². The topological polar surface area (TPSA) is 50.4 Å². The van der Waals surface area contributed by atoms with Crippen LogP contribution in [-0.4, -0.2) is 11.4 Å². The highest BCUT2D eigenvalue weighted by atomic mass is 16.5. The van der Waals surface area contributed by atoms with Crippen molar-refractivity contribution in [2.45, 2.75) is 6.61 Å². The highest BCUT2D eigenvalue weighted by Gasteiger charge is 1.96. The van der Waals surface area contributed by atoms with E-state index in [9.17, 15) is 4.79 Å². The normalized spacial score (nSPS) is 9.44. The monoisotopic (exact) mass is 132 g/mol. The first-order valence-electron chi connectivity index (χ1n) is 2.51. The zero-order chi connectivity index (χ0) is 6.69. The number of aliphatic hydroxyl groups is 1. The van der Waals surface area contributed by atoms with Gasteiger partial charge in [0.15, 0.2) is 12.0 Å². The van der Waals surface area contributed by atoms with Gasteiger partial charge in [0.05, 0.1) is 0 Å². The van der Waals surface area contributed by atoms with Gasteiger partial charge in [-0.15, -0.1) is 0 Å². The fourth-order valence-corrected chi connectivity index (χ4v) is 0.543. The summed E-state index contributed by atoms with van der Waals surface area (Å²) in [5, 5.41) is 8.44. The van der Waals surface area contributed by atoms with Crippen LogP contribution >= 0.6 is 0 Å². The molecule has 3 nitrogen and oxygen atoms in total. The van der Waals surface area contributed by atoms with E-state index in [1.54, 1.807) is 6.07 Å². The largest absolute Gasteiger partial charge is 0.456 e. The summed E-state index contributed by atoms with van der Waals surface area (Å²) in [5.74, 6) is 0.663. The number of carbonyl (C=O) groups excluding carboxylic acids is 1. The first-order chi connectivity index (χ1) is 4.36. The van der Waals surface area contributed by atoms with Crippen molar-refractivity contribution in [3.05, 3.63) is 23.7 Å². The molecule has 0 saturated carbocycles. The first kappa shape index (κ1) is 6.04. The van der Waals surface area contributed by atoms with Crippen LogP contribution in [-0.2, 0) is 6.61 Å². The highest BCUT2D eigenvalue weighted by molar-refractivity contribution is 5.70. The van der Waals surface area contributed by atoms with E-state index in [-0.39, 0.29) is 12.4 Å². The number of rotatable bonds is 2.